The summed E-state index contributed by atoms with van der Waals surface area (Å²) >= 11 is 3.61. The molecule has 0 N–H and O–H groups in total. The molecule has 1 aliphatic heterocycles. The Balaban J connectivity index is 0.000000212. The van der Waals surface area contributed by atoms with Crippen LogP contribution in [0.2, 0.25) is 0 Å². The highest BCUT2D eigenvalue weighted by Gasteiger charge is 2.33. The van der Waals surface area contributed by atoms with E-state index < -0.39 is 0 Å². The third kappa shape index (κ3) is 10.3. The minimum absolute atomic E-state index is 0.0303. The van der Waals surface area contributed by atoms with E-state index in [9.17, 15) is 9.59 Å². The van der Waals surface area contributed by atoms with Gasteiger partial charge in [-0.2, -0.15) is 0 Å². The number of fused-ring (bicyclic) bond motifs is 2. The van der Waals surface area contributed by atoms with Gasteiger partial charge in [0.25, 0.3) is 0 Å². The lowest BCUT2D eigenvalue weighted by Crippen LogP contribution is -2.50. The molecule has 1 aromatic carbocycles. The summed E-state index contributed by atoms with van der Waals surface area (Å²) in [7, 11) is 0. The van der Waals surface area contributed by atoms with Gasteiger partial charge in [0.2, 0.25) is 12.3 Å². The number of nitrogens with zero attached hydrogens (tertiary/aromatic N) is 8. The predicted molar refractivity (Wildman–Crippen MR) is 195 cm³/mol. The van der Waals surface area contributed by atoms with Crippen molar-refractivity contribution in [3.63, 3.8) is 0 Å². The quantitative estimate of drug-likeness (QED) is 0.197. The molecule has 2 aliphatic rings. The fourth-order valence-corrected chi connectivity index (χ4v) is 6.98. The predicted octanol–water partition coefficient (Wildman–Crippen LogP) is 5.95. The van der Waals surface area contributed by atoms with Gasteiger partial charge >= 0.3 is 0 Å². The van der Waals surface area contributed by atoms with Crippen molar-refractivity contribution >= 4 is 28.2 Å². The monoisotopic (exact) mass is 728 g/mol. The van der Waals surface area contributed by atoms with Gasteiger partial charge in [-0.15, -0.1) is 0 Å². The first kappa shape index (κ1) is 36.3. The van der Waals surface area contributed by atoms with Gasteiger partial charge in [-0.3, -0.25) is 19.5 Å². The minimum Gasteiger partial charge on any atom is -0.341 e. The van der Waals surface area contributed by atoms with Crippen LogP contribution in [0, 0.1) is 19.3 Å². The smallest absolute Gasteiger partial charge is 0.223 e. The third-order valence-electron chi connectivity index (χ3n) is 8.97. The molecule has 0 spiro atoms. The standard InChI is InChI=1S/C25H32BrN3O.C13H17N5O/c1-17-5-8-21-18(13-17)6-7-19-14-20(26)16-27-23(19)24(21)29-11-9-28(10-12-29)22(30)15-25(2,3)4;1-12-7-17(10-16-12)3-2-4-18(11-19)8-13-5-14-9-15-6-13/h5,8,13-14,16,24H,6-7,9-12,15H2,1-4H3;5-7,9-11H,2-4,8H2,1H3. The maximum absolute atomic E-state index is 12.7. The molecule has 2 amide bonds. The molecule has 1 fully saturated rings. The average Bonchev–Trinajstić information content (AvgIpc) is 3.42. The summed E-state index contributed by atoms with van der Waals surface area (Å²) in [6.07, 6.45) is 15.1. The lowest BCUT2D eigenvalue weighted by molar-refractivity contribution is -0.135. The highest BCUT2D eigenvalue weighted by atomic mass is 79.9. The van der Waals surface area contributed by atoms with Gasteiger partial charge in [0.15, 0.2) is 0 Å². The van der Waals surface area contributed by atoms with Gasteiger partial charge in [0, 0.05) is 87.1 Å². The zero-order valence-electron chi connectivity index (χ0n) is 29.5. The number of amides is 2. The van der Waals surface area contributed by atoms with Crippen LogP contribution in [0.15, 0.2) is 66.2 Å². The number of carbonyl (C=O) groups is 2. The summed E-state index contributed by atoms with van der Waals surface area (Å²) in [6.45, 7) is 16.0. The molecular weight excluding hydrogens is 680 g/mol. The molecule has 0 bridgehead atoms. The zero-order valence-corrected chi connectivity index (χ0v) is 31.1. The van der Waals surface area contributed by atoms with E-state index in [-0.39, 0.29) is 17.4 Å². The lowest BCUT2D eigenvalue weighted by Gasteiger charge is -2.40. The van der Waals surface area contributed by atoms with Gasteiger partial charge in [-0.1, -0.05) is 44.5 Å². The molecule has 1 aliphatic carbocycles. The van der Waals surface area contributed by atoms with Crippen LogP contribution < -0.4 is 0 Å². The molecule has 1 saturated heterocycles. The van der Waals surface area contributed by atoms with E-state index in [1.165, 1.54) is 34.3 Å². The Morgan fingerprint density at radius 1 is 1.00 bits per heavy atom. The number of aromatic nitrogens is 5. The van der Waals surface area contributed by atoms with Gasteiger partial charge < -0.3 is 14.4 Å². The van der Waals surface area contributed by atoms with Crippen LogP contribution in [0.4, 0.5) is 0 Å². The Morgan fingerprint density at radius 2 is 1.73 bits per heavy atom. The minimum atomic E-state index is 0.0303. The second-order valence-corrected chi connectivity index (χ2v) is 15.3. The van der Waals surface area contributed by atoms with Crippen LogP contribution in [0.5, 0.6) is 0 Å². The maximum Gasteiger partial charge on any atom is 0.223 e. The topological polar surface area (TPSA) is 100 Å². The molecule has 260 valence electrons. The molecule has 0 radical (unpaired) electrons. The summed E-state index contributed by atoms with van der Waals surface area (Å²) in [5, 5.41) is 0. The number of benzene rings is 1. The van der Waals surface area contributed by atoms with Crippen molar-refractivity contribution in [2.75, 3.05) is 32.7 Å². The summed E-state index contributed by atoms with van der Waals surface area (Å²) in [4.78, 5) is 47.0. The number of hydrogen-bond acceptors (Lipinski definition) is 7. The van der Waals surface area contributed by atoms with Crippen LogP contribution >= 0.6 is 15.9 Å². The number of halogens is 1. The highest BCUT2D eigenvalue weighted by molar-refractivity contribution is 9.10. The van der Waals surface area contributed by atoms with Crippen LogP contribution in [-0.4, -0.2) is 84.2 Å². The molecule has 6 rings (SSSR count). The fraction of sp³-hybridized carbons (Fsp3) is 0.474. The van der Waals surface area contributed by atoms with Gasteiger partial charge in [0.05, 0.1) is 23.8 Å². The van der Waals surface area contributed by atoms with Gasteiger partial charge in [0.1, 0.15) is 6.33 Å². The van der Waals surface area contributed by atoms with Crippen molar-refractivity contribution in [2.45, 2.75) is 79.4 Å². The number of piperazine rings is 1. The molecule has 4 heterocycles. The highest BCUT2D eigenvalue weighted by Crippen LogP contribution is 2.37. The second-order valence-electron chi connectivity index (χ2n) is 14.4. The van der Waals surface area contributed by atoms with E-state index >= 15 is 0 Å². The summed E-state index contributed by atoms with van der Waals surface area (Å²) in [5.74, 6) is 0.279. The number of aryl methyl sites for hydroxylation is 5. The van der Waals surface area contributed by atoms with Crippen LogP contribution in [0.1, 0.15) is 78.9 Å². The number of rotatable bonds is 9. The van der Waals surface area contributed by atoms with E-state index in [1.54, 1.807) is 17.3 Å². The zero-order chi connectivity index (χ0) is 35.0. The van der Waals surface area contributed by atoms with Crippen LogP contribution in [0.3, 0.4) is 0 Å². The molecule has 1 unspecified atom stereocenters. The van der Waals surface area contributed by atoms with Crippen molar-refractivity contribution in [1.29, 1.82) is 0 Å². The Morgan fingerprint density at radius 3 is 2.41 bits per heavy atom. The SMILES string of the molecule is Cc1ccc2c(c1)CCc1cc(Br)cnc1C2N1CCN(C(=O)CC(C)(C)C)CC1.Cc1cn(CCCN(C=O)Cc2cncnc2)cn1. The molecule has 10 nitrogen and oxygen atoms in total. The molecule has 49 heavy (non-hydrogen) atoms. The molecule has 0 saturated carbocycles. The Bertz CT molecular complexity index is 1640. The Kier molecular flexibility index (Phi) is 12.3. The van der Waals surface area contributed by atoms with Crippen molar-refractivity contribution in [2.24, 2.45) is 5.41 Å². The van der Waals surface area contributed by atoms with Crippen molar-refractivity contribution in [3.8, 4) is 0 Å². The van der Waals surface area contributed by atoms with Crippen molar-refractivity contribution in [3.05, 3.63) is 105 Å². The maximum atomic E-state index is 12.7. The Hall–Kier alpha value is -3.96. The van der Waals surface area contributed by atoms with E-state index in [1.807, 2.05) is 35.1 Å². The van der Waals surface area contributed by atoms with Gasteiger partial charge in [-0.05, 0) is 77.2 Å². The Labute approximate surface area is 299 Å². The third-order valence-corrected chi connectivity index (χ3v) is 9.40. The number of pyridine rings is 1. The largest absolute Gasteiger partial charge is 0.341 e. The van der Waals surface area contributed by atoms with Crippen molar-refractivity contribution < 1.29 is 9.59 Å². The number of hydrogen-bond donors (Lipinski definition) is 0. The van der Waals surface area contributed by atoms with E-state index in [0.717, 1.165) is 74.1 Å². The second kappa shape index (κ2) is 16.6. The molecule has 4 aromatic rings. The van der Waals surface area contributed by atoms with E-state index in [2.05, 4.69) is 87.7 Å². The summed E-state index contributed by atoms with van der Waals surface area (Å²) < 4.78 is 3.07. The molecule has 1 atom stereocenters. The summed E-state index contributed by atoms with van der Waals surface area (Å²) in [5.41, 5.74) is 8.60. The fourth-order valence-electron chi connectivity index (χ4n) is 6.60. The first-order valence-corrected chi connectivity index (χ1v) is 18.0. The van der Waals surface area contributed by atoms with Crippen LogP contribution in [-0.2, 0) is 35.5 Å². The summed E-state index contributed by atoms with van der Waals surface area (Å²) in [6, 6.07) is 9.25. The first-order chi connectivity index (χ1) is 23.5. The number of imidazole rings is 1. The lowest BCUT2D eigenvalue weighted by atomic mass is 9.91. The first-order valence-electron chi connectivity index (χ1n) is 17.2. The van der Waals surface area contributed by atoms with Gasteiger partial charge in [-0.25, -0.2) is 15.0 Å². The normalized spacial score (nSPS) is 16.1. The molecule has 11 heteroatoms. The average molecular weight is 730 g/mol. The molecular formula is C38H49BrN8O2. The van der Waals surface area contributed by atoms with Crippen molar-refractivity contribution in [1.82, 2.24) is 39.2 Å². The van der Waals surface area contributed by atoms with E-state index in [4.69, 9.17) is 4.98 Å². The molecule has 3 aromatic heterocycles. The number of carbonyl (C=O) groups excluding carboxylic acids is 2. The van der Waals surface area contributed by atoms with Crippen LogP contribution in [0.25, 0.3) is 0 Å². The van der Waals surface area contributed by atoms with E-state index in [0.29, 0.717) is 19.5 Å².